The molecule has 328 valence electrons. The van der Waals surface area contributed by atoms with E-state index in [0.29, 0.717) is 0 Å². The van der Waals surface area contributed by atoms with E-state index in [1.54, 1.807) is 0 Å². The molecular formula is C67H41BN2S. The maximum atomic E-state index is 2.64. The molecule has 6 aliphatic rings. The van der Waals surface area contributed by atoms with Gasteiger partial charge < -0.3 is 9.80 Å². The molecule has 0 amide bonds. The van der Waals surface area contributed by atoms with E-state index in [1.165, 1.54) is 138 Å². The lowest BCUT2D eigenvalue weighted by Gasteiger charge is -2.44. The van der Waals surface area contributed by atoms with Crippen LogP contribution in [-0.4, -0.2) is 6.71 Å². The van der Waals surface area contributed by atoms with Gasteiger partial charge in [-0.1, -0.05) is 194 Å². The second-order valence-corrected chi connectivity index (χ2v) is 21.3. The Kier molecular flexibility index (Phi) is 7.28. The average Bonchev–Trinajstić information content (AvgIpc) is 4.19. The smallest absolute Gasteiger partial charge is 0.264 e. The first-order valence-corrected chi connectivity index (χ1v) is 25.8. The molecule has 1 unspecified atom stereocenters. The number of anilines is 6. The van der Waals surface area contributed by atoms with E-state index in [4.69, 9.17) is 0 Å². The highest BCUT2D eigenvalue weighted by molar-refractivity contribution is 7.30. The maximum Gasteiger partial charge on any atom is 0.264 e. The van der Waals surface area contributed by atoms with Crippen molar-refractivity contribution in [1.82, 2.24) is 0 Å². The van der Waals surface area contributed by atoms with Gasteiger partial charge in [-0.25, -0.2) is 0 Å². The topological polar surface area (TPSA) is 6.48 Å². The molecule has 2 spiro atoms. The zero-order valence-electron chi connectivity index (χ0n) is 38.8. The summed E-state index contributed by atoms with van der Waals surface area (Å²) < 4.78 is 1.40. The number of hydrogen-bond acceptors (Lipinski definition) is 3. The van der Waals surface area contributed by atoms with Crippen molar-refractivity contribution in [3.63, 3.8) is 0 Å². The van der Waals surface area contributed by atoms with Crippen molar-refractivity contribution in [3.8, 4) is 44.5 Å². The average molecular weight is 917 g/mol. The minimum absolute atomic E-state index is 0.0442. The summed E-state index contributed by atoms with van der Waals surface area (Å²) in [7, 11) is 0. The van der Waals surface area contributed by atoms with Crippen LogP contribution in [0.1, 0.15) is 49.4 Å². The van der Waals surface area contributed by atoms with Crippen LogP contribution in [0.25, 0.3) is 44.5 Å². The van der Waals surface area contributed by atoms with Gasteiger partial charge in [0.05, 0.1) is 16.5 Å². The fourth-order valence-electron chi connectivity index (χ4n) is 14.6. The normalized spacial score (nSPS) is 16.6. The number of fused-ring (bicyclic) bond motifs is 25. The summed E-state index contributed by atoms with van der Waals surface area (Å²) in [6.07, 6.45) is 0. The molecule has 1 atom stereocenters. The van der Waals surface area contributed by atoms with Crippen molar-refractivity contribution in [2.24, 2.45) is 0 Å². The van der Waals surface area contributed by atoms with Gasteiger partial charge in [-0.2, -0.15) is 0 Å². The molecule has 11 aromatic rings. The van der Waals surface area contributed by atoms with Gasteiger partial charge >= 0.3 is 0 Å². The molecule has 2 nitrogen and oxygen atoms in total. The highest BCUT2D eigenvalue weighted by atomic mass is 32.1. The first kappa shape index (κ1) is 38.4. The van der Waals surface area contributed by atoms with Crippen LogP contribution in [0, 0.1) is 6.92 Å². The number of hydrogen-bond donors (Lipinski definition) is 0. The molecule has 0 bridgehead atoms. The van der Waals surface area contributed by atoms with Crippen LogP contribution < -0.4 is 25.5 Å². The van der Waals surface area contributed by atoms with E-state index in [2.05, 4.69) is 259 Å². The molecule has 1 aromatic heterocycles. The largest absolute Gasteiger partial charge is 0.311 e. The molecule has 0 N–H and O–H groups in total. The molecule has 0 fully saturated rings. The Balaban J connectivity index is 1.02. The van der Waals surface area contributed by atoms with Gasteiger partial charge in [0.15, 0.2) is 0 Å². The van der Waals surface area contributed by atoms with Crippen molar-refractivity contribution >= 4 is 67.9 Å². The first-order chi connectivity index (χ1) is 35.2. The third kappa shape index (κ3) is 4.45. The van der Waals surface area contributed by atoms with Gasteiger partial charge in [-0.15, -0.1) is 11.3 Å². The van der Waals surface area contributed by atoms with Crippen LogP contribution >= 0.6 is 11.3 Å². The van der Waals surface area contributed by atoms with E-state index >= 15 is 0 Å². The van der Waals surface area contributed by atoms with Crippen molar-refractivity contribution in [3.05, 3.63) is 280 Å². The minimum atomic E-state index is -0.478. The van der Waals surface area contributed by atoms with Gasteiger partial charge in [0.1, 0.15) is 0 Å². The first-order valence-electron chi connectivity index (χ1n) is 25.0. The van der Waals surface area contributed by atoms with Crippen molar-refractivity contribution in [2.45, 2.75) is 17.8 Å². The summed E-state index contributed by atoms with van der Waals surface area (Å²) in [6, 6.07) is 88.1. The Morgan fingerprint density at radius 3 is 1.44 bits per heavy atom. The van der Waals surface area contributed by atoms with E-state index in [-0.39, 0.29) is 6.71 Å². The van der Waals surface area contributed by atoms with Crippen LogP contribution in [0.3, 0.4) is 0 Å². The SMILES string of the molecule is Cc1ccc2c(c1)C1(c3ccccc3-2)c2ccccc2-c2cc3c(cc21)N(c1ccccc1)c1cccc2c1B3c1sc3c(c1N2c1ccccc1)-c1ccccc1C31c2ccccc2-c2ccccc21. The predicted octanol–water partition coefficient (Wildman–Crippen LogP) is 14.8. The summed E-state index contributed by atoms with van der Waals surface area (Å²) in [5, 5.41) is 0. The Bertz CT molecular complexity index is 4120. The number of thiophene rings is 1. The Hall–Kier alpha value is -8.44. The molecule has 0 saturated carbocycles. The zero-order chi connectivity index (χ0) is 46.3. The molecule has 4 aliphatic carbocycles. The van der Waals surface area contributed by atoms with Crippen LogP contribution in [0.5, 0.6) is 0 Å². The molecule has 2 aliphatic heterocycles. The molecule has 71 heavy (non-hydrogen) atoms. The van der Waals surface area contributed by atoms with Crippen LogP contribution in [-0.2, 0) is 10.8 Å². The molecule has 0 saturated heterocycles. The lowest BCUT2D eigenvalue weighted by Crippen LogP contribution is -2.60. The zero-order valence-corrected chi connectivity index (χ0v) is 39.6. The van der Waals surface area contributed by atoms with E-state index in [0.717, 1.165) is 5.69 Å². The third-order valence-electron chi connectivity index (χ3n) is 17.1. The minimum Gasteiger partial charge on any atom is -0.311 e. The molecular weight excluding hydrogens is 876 g/mol. The van der Waals surface area contributed by atoms with Crippen LogP contribution in [0.15, 0.2) is 231 Å². The molecule has 4 heteroatoms. The molecule has 0 radical (unpaired) electrons. The Morgan fingerprint density at radius 2 is 0.831 bits per heavy atom. The molecule has 17 rings (SSSR count). The fourth-order valence-corrected chi connectivity index (χ4v) is 16.3. The second kappa shape index (κ2) is 13.5. The van der Waals surface area contributed by atoms with Crippen molar-refractivity contribution in [2.75, 3.05) is 9.80 Å². The van der Waals surface area contributed by atoms with Crippen molar-refractivity contribution < 1.29 is 0 Å². The fraction of sp³-hybridized carbons (Fsp3) is 0.0448. The monoisotopic (exact) mass is 916 g/mol. The van der Waals surface area contributed by atoms with Gasteiger partial charge in [-0.3, -0.25) is 0 Å². The standard InChI is InChI=1S/C67H41BN2S/c1-40-35-36-47-45-25-8-13-28-50(45)66(55(47)37-40)51-29-14-11-26-46(51)49-38-57-60(39-56(49)66)69(41-19-4-2-5-20-41)58-33-18-34-59-62(58)68(57)65-63(70(59)42-21-6-3-7-22-42)61-48-27-12-17-32-54(48)67(64(61)71-65)52-30-15-9-23-43(52)44-24-10-16-31-53(44)67/h2-39H,1H3. The Morgan fingerprint density at radius 1 is 0.366 bits per heavy atom. The summed E-state index contributed by atoms with van der Waals surface area (Å²) in [5.41, 5.74) is 30.6. The number of nitrogens with zero attached hydrogens (tertiary/aromatic N) is 2. The van der Waals surface area contributed by atoms with Crippen LogP contribution in [0.2, 0.25) is 0 Å². The summed E-state index contributed by atoms with van der Waals surface area (Å²) >= 11 is 2.06. The summed E-state index contributed by atoms with van der Waals surface area (Å²) in [6.45, 7) is 2.21. The van der Waals surface area contributed by atoms with Gasteiger partial charge in [0.2, 0.25) is 0 Å². The number of benzene rings is 10. The van der Waals surface area contributed by atoms with Crippen LogP contribution in [0.4, 0.5) is 34.1 Å². The van der Waals surface area contributed by atoms with E-state index in [1.807, 2.05) is 0 Å². The van der Waals surface area contributed by atoms with E-state index in [9.17, 15) is 0 Å². The van der Waals surface area contributed by atoms with Gasteiger partial charge in [-0.05, 0) is 138 Å². The summed E-state index contributed by atoms with van der Waals surface area (Å²) in [4.78, 5) is 6.64. The molecule has 10 aromatic carbocycles. The Labute approximate surface area is 417 Å². The van der Waals surface area contributed by atoms with E-state index < -0.39 is 10.8 Å². The number of rotatable bonds is 2. The van der Waals surface area contributed by atoms with Gasteiger partial charge in [0, 0.05) is 43.7 Å². The van der Waals surface area contributed by atoms with Crippen molar-refractivity contribution in [1.29, 1.82) is 0 Å². The maximum absolute atomic E-state index is 2.64. The number of para-hydroxylation sites is 2. The number of aryl methyl sites for hydroxylation is 1. The highest BCUT2D eigenvalue weighted by Gasteiger charge is 2.58. The lowest BCUT2D eigenvalue weighted by atomic mass is 9.36. The quantitative estimate of drug-likeness (QED) is 0.159. The lowest BCUT2D eigenvalue weighted by molar-refractivity contribution is 0.793. The predicted molar refractivity (Wildman–Crippen MR) is 296 cm³/mol. The molecule has 3 heterocycles. The highest BCUT2D eigenvalue weighted by Crippen LogP contribution is 2.68. The second-order valence-electron chi connectivity index (χ2n) is 20.2. The third-order valence-corrected chi connectivity index (χ3v) is 18.5. The van der Waals surface area contributed by atoms with Gasteiger partial charge in [0.25, 0.3) is 6.71 Å². The summed E-state index contributed by atoms with van der Waals surface area (Å²) in [5.74, 6) is 0.